The maximum atomic E-state index is 11.5. The van der Waals surface area contributed by atoms with E-state index in [9.17, 15) is 4.79 Å². The number of hydrogen-bond donors (Lipinski definition) is 0. The van der Waals surface area contributed by atoms with Gasteiger partial charge < -0.3 is 8.40 Å². The van der Waals surface area contributed by atoms with Crippen LogP contribution in [0.4, 0.5) is 0 Å². The quantitative estimate of drug-likeness (QED) is 0.723. The minimum Gasteiger partial charge on any atom is -0.382 e. The average Bonchev–Trinajstić information content (AvgIpc) is 2.74. The molecule has 0 radical (unpaired) electrons. The van der Waals surface area contributed by atoms with Crippen molar-refractivity contribution in [3.63, 3.8) is 0 Å². The Morgan fingerprint density at radius 1 is 1.00 bits per heavy atom. The highest BCUT2D eigenvalue weighted by molar-refractivity contribution is 9.06. The first-order valence-electron chi connectivity index (χ1n) is 5.58. The summed E-state index contributed by atoms with van der Waals surface area (Å²) in [4.78, 5) is 11.5. The van der Waals surface area contributed by atoms with Gasteiger partial charge in [-0.1, -0.05) is 36.4 Å². The molecule has 0 spiro atoms. The highest BCUT2D eigenvalue weighted by Crippen LogP contribution is 2.28. The van der Waals surface area contributed by atoms with Crippen LogP contribution in [0.2, 0.25) is 0 Å². The molecule has 2 aromatic carbocycles. The van der Waals surface area contributed by atoms with E-state index in [0.717, 1.165) is 21.8 Å². The topological polar surface area (TPSA) is 31.2 Å². The zero-order valence-electron chi connectivity index (χ0n) is 9.47. The number of hydrogen-bond acceptors (Lipinski definition) is 2. The molecule has 0 aliphatic heterocycles. The van der Waals surface area contributed by atoms with E-state index in [-0.39, 0.29) is 12.5 Å². The van der Waals surface area contributed by atoms with Gasteiger partial charge in [0.05, 0.1) is 0 Å². The van der Waals surface area contributed by atoms with Gasteiger partial charge in [-0.15, -0.1) is 0 Å². The summed E-state index contributed by atoms with van der Waals surface area (Å²) in [5.74, 6) is -0.318. The first kappa shape index (κ1) is 11.3. The molecule has 3 rings (SSSR count). The van der Waals surface area contributed by atoms with Crippen LogP contribution in [0.3, 0.4) is 0 Å². The van der Waals surface area contributed by atoms with Crippen molar-refractivity contribution in [3.8, 4) is 0 Å². The molecule has 0 unspecified atom stereocenters. The van der Waals surface area contributed by atoms with Crippen LogP contribution in [0, 0.1) is 0 Å². The smallest absolute Gasteiger partial charge is 0.337 e. The van der Waals surface area contributed by atoms with Crippen molar-refractivity contribution in [1.82, 2.24) is 4.57 Å². The van der Waals surface area contributed by atoms with Gasteiger partial charge in [-0.2, -0.15) is 0 Å². The molecule has 4 heteroatoms. The monoisotopic (exact) mass is 303 g/mol. The number of rotatable bonds is 2. The third-order valence-electron chi connectivity index (χ3n) is 3.05. The molecule has 1 heterocycles. The highest BCUT2D eigenvalue weighted by Gasteiger charge is 2.12. The summed E-state index contributed by atoms with van der Waals surface area (Å²) in [6.07, 6.45) is 0. The zero-order valence-corrected chi connectivity index (χ0v) is 11.1. The second-order valence-electron chi connectivity index (χ2n) is 4.07. The SMILES string of the molecule is O=C(Cn1c2ccccc2c2ccccc21)OBr. The first-order chi connectivity index (χ1) is 8.81. The van der Waals surface area contributed by atoms with Crippen LogP contribution in [-0.4, -0.2) is 10.5 Å². The lowest BCUT2D eigenvalue weighted by molar-refractivity contribution is -0.132. The maximum absolute atomic E-state index is 11.5. The average molecular weight is 304 g/mol. The van der Waals surface area contributed by atoms with Gasteiger partial charge in [0.2, 0.25) is 0 Å². The molecule has 0 atom stereocenters. The van der Waals surface area contributed by atoms with Crippen LogP contribution < -0.4 is 0 Å². The van der Waals surface area contributed by atoms with E-state index >= 15 is 0 Å². The van der Waals surface area contributed by atoms with Crippen molar-refractivity contribution >= 4 is 44.0 Å². The van der Waals surface area contributed by atoms with Gasteiger partial charge in [0, 0.05) is 21.8 Å². The molecule has 18 heavy (non-hydrogen) atoms. The molecule has 0 amide bonds. The summed E-state index contributed by atoms with van der Waals surface area (Å²) in [5.41, 5.74) is 2.08. The van der Waals surface area contributed by atoms with E-state index in [2.05, 4.69) is 32.2 Å². The number of halogens is 1. The lowest BCUT2D eigenvalue weighted by Crippen LogP contribution is -2.09. The molecule has 1 aromatic heterocycles. The van der Waals surface area contributed by atoms with Gasteiger partial charge >= 0.3 is 5.97 Å². The Morgan fingerprint density at radius 2 is 1.50 bits per heavy atom. The van der Waals surface area contributed by atoms with Gasteiger partial charge in [-0.05, 0) is 12.1 Å². The molecule has 90 valence electrons. The van der Waals surface area contributed by atoms with Gasteiger partial charge in [0.25, 0.3) is 0 Å². The van der Waals surface area contributed by atoms with Crippen LogP contribution in [0.1, 0.15) is 0 Å². The summed E-state index contributed by atoms with van der Waals surface area (Å²) in [6, 6.07) is 16.1. The third kappa shape index (κ3) is 1.69. The Hall–Kier alpha value is -1.81. The number of fused-ring (bicyclic) bond motifs is 3. The van der Waals surface area contributed by atoms with Crippen LogP contribution in [-0.2, 0) is 15.2 Å². The summed E-state index contributed by atoms with van der Waals surface area (Å²) < 4.78 is 6.54. The van der Waals surface area contributed by atoms with Crippen LogP contribution in [0.15, 0.2) is 48.5 Å². The lowest BCUT2D eigenvalue weighted by atomic mass is 10.2. The van der Waals surface area contributed by atoms with Crippen molar-refractivity contribution < 1.29 is 8.62 Å². The minimum atomic E-state index is -0.318. The first-order valence-corrected chi connectivity index (χ1v) is 6.23. The summed E-state index contributed by atoms with van der Waals surface area (Å²) >= 11 is 2.73. The summed E-state index contributed by atoms with van der Waals surface area (Å²) in [5, 5.41) is 2.30. The molecule has 0 fully saturated rings. The molecule has 0 N–H and O–H groups in total. The fourth-order valence-electron chi connectivity index (χ4n) is 2.33. The second-order valence-corrected chi connectivity index (χ2v) is 4.39. The number of para-hydroxylation sites is 2. The van der Waals surface area contributed by atoms with Crippen LogP contribution in [0.5, 0.6) is 0 Å². The van der Waals surface area contributed by atoms with Gasteiger partial charge in [-0.3, -0.25) is 0 Å². The van der Waals surface area contributed by atoms with E-state index in [1.165, 1.54) is 0 Å². The highest BCUT2D eigenvalue weighted by atomic mass is 79.9. The molecule has 3 aromatic rings. The Morgan fingerprint density at radius 3 is 2.00 bits per heavy atom. The van der Waals surface area contributed by atoms with Crippen molar-refractivity contribution in [2.45, 2.75) is 6.54 Å². The summed E-state index contributed by atoms with van der Waals surface area (Å²) in [6.45, 7) is 0.194. The third-order valence-corrected chi connectivity index (χ3v) is 3.41. The van der Waals surface area contributed by atoms with Crippen molar-refractivity contribution in [2.24, 2.45) is 0 Å². The van der Waals surface area contributed by atoms with Crippen LogP contribution in [0.25, 0.3) is 21.8 Å². The molecule has 0 saturated heterocycles. The standard InChI is InChI=1S/C14H10BrNO2/c15-18-14(17)9-16-12-7-3-1-5-10(12)11-6-2-4-8-13(11)16/h1-8H,9H2. The minimum absolute atomic E-state index is 0.194. The predicted octanol–water partition coefficient (Wildman–Crippen LogP) is 3.65. The van der Waals surface area contributed by atoms with Gasteiger partial charge in [-0.25, -0.2) is 4.79 Å². The number of nitrogens with zero attached hydrogens (tertiary/aromatic N) is 1. The molecule has 0 aliphatic carbocycles. The molecule has 0 saturated carbocycles. The normalized spacial score (nSPS) is 10.9. The Bertz CT molecular complexity index is 680. The molecular formula is C14H10BrNO2. The largest absolute Gasteiger partial charge is 0.382 e. The lowest BCUT2D eigenvalue weighted by Gasteiger charge is -2.04. The number of carbonyl (C=O) groups excluding carboxylic acids is 1. The molecular weight excluding hydrogens is 294 g/mol. The van der Waals surface area contributed by atoms with E-state index in [1.807, 2.05) is 41.0 Å². The number of aromatic nitrogens is 1. The van der Waals surface area contributed by atoms with Gasteiger partial charge in [0.15, 0.2) is 16.3 Å². The van der Waals surface area contributed by atoms with Crippen molar-refractivity contribution in [2.75, 3.05) is 0 Å². The van der Waals surface area contributed by atoms with E-state index in [1.54, 1.807) is 0 Å². The Kier molecular flexibility index (Phi) is 2.80. The predicted molar refractivity (Wildman–Crippen MR) is 74.5 cm³/mol. The summed E-state index contributed by atoms with van der Waals surface area (Å²) in [7, 11) is 0. The second kappa shape index (κ2) is 4.46. The Balaban J connectivity index is 2.34. The molecule has 0 bridgehead atoms. The number of benzene rings is 2. The van der Waals surface area contributed by atoms with E-state index in [4.69, 9.17) is 0 Å². The number of carbonyl (C=O) groups is 1. The van der Waals surface area contributed by atoms with Crippen LogP contribution >= 0.6 is 16.3 Å². The van der Waals surface area contributed by atoms with Crippen molar-refractivity contribution in [3.05, 3.63) is 48.5 Å². The molecule has 0 aliphatic rings. The van der Waals surface area contributed by atoms with E-state index < -0.39 is 0 Å². The van der Waals surface area contributed by atoms with E-state index in [0.29, 0.717) is 0 Å². The maximum Gasteiger partial charge on any atom is 0.337 e. The zero-order chi connectivity index (χ0) is 12.5. The molecule has 3 nitrogen and oxygen atoms in total. The fraction of sp³-hybridized carbons (Fsp3) is 0.0714. The van der Waals surface area contributed by atoms with Crippen molar-refractivity contribution in [1.29, 1.82) is 0 Å². The van der Waals surface area contributed by atoms with Gasteiger partial charge in [0.1, 0.15) is 6.54 Å². The Labute approximate surface area is 112 Å². The fourth-order valence-corrected chi connectivity index (χ4v) is 2.43.